The van der Waals surface area contributed by atoms with Gasteiger partial charge in [-0.1, -0.05) is 19.3 Å². The zero-order valence-corrected chi connectivity index (χ0v) is 11.8. The summed E-state index contributed by atoms with van der Waals surface area (Å²) in [5, 5.41) is 12.1. The molecule has 18 heavy (non-hydrogen) atoms. The van der Waals surface area contributed by atoms with Gasteiger partial charge >= 0.3 is 0 Å². The molecule has 0 saturated heterocycles. The van der Waals surface area contributed by atoms with Gasteiger partial charge in [-0.15, -0.1) is 0 Å². The maximum absolute atomic E-state index is 11.6. The van der Waals surface area contributed by atoms with Crippen molar-refractivity contribution in [3.05, 3.63) is 0 Å². The molecule has 0 heterocycles. The van der Waals surface area contributed by atoms with Crippen LogP contribution in [0.2, 0.25) is 0 Å². The number of nitrogens with zero attached hydrogens (tertiary/aromatic N) is 1. The fourth-order valence-corrected chi connectivity index (χ4v) is 2.69. The Hall–Kier alpha value is -0.610. The molecule has 1 rings (SSSR count). The van der Waals surface area contributed by atoms with Gasteiger partial charge in [0, 0.05) is 31.6 Å². The monoisotopic (exact) mass is 256 g/mol. The van der Waals surface area contributed by atoms with Crippen LogP contribution in [0, 0.1) is 0 Å². The molecule has 0 aromatic heterocycles. The summed E-state index contributed by atoms with van der Waals surface area (Å²) in [6, 6.07) is 0.774. The molecule has 4 nitrogen and oxygen atoms in total. The van der Waals surface area contributed by atoms with E-state index in [9.17, 15) is 4.79 Å². The second-order valence-corrected chi connectivity index (χ2v) is 5.52. The van der Waals surface area contributed by atoms with Crippen LogP contribution in [0.5, 0.6) is 0 Å². The second-order valence-electron chi connectivity index (χ2n) is 5.52. The minimum absolute atomic E-state index is 0.115. The Balaban J connectivity index is 2.34. The molecular weight excluding hydrogens is 228 g/mol. The van der Waals surface area contributed by atoms with Crippen molar-refractivity contribution < 1.29 is 9.90 Å². The van der Waals surface area contributed by atoms with Crippen LogP contribution >= 0.6 is 0 Å². The summed E-state index contributed by atoms with van der Waals surface area (Å²) in [6.45, 7) is 5.60. The normalized spacial score (nSPS) is 17.4. The number of aliphatic hydroxyl groups is 1. The molecule has 2 N–H and O–H groups in total. The van der Waals surface area contributed by atoms with Crippen LogP contribution in [0.3, 0.4) is 0 Å². The first-order chi connectivity index (χ1) is 8.63. The van der Waals surface area contributed by atoms with Crippen molar-refractivity contribution in [1.29, 1.82) is 0 Å². The Bertz CT molecular complexity index is 238. The number of nitrogens with one attached hydrogen (secondary N) is 1. The SMILES string of the molecule is CC(C)NC(=O)CCN(CCO)C1CCCCC1. The van der Waals surface area contributed by atoms with Crippen LogP contribution in [0.1, 0.15) is 52.4 Å². The summed E-state index contributed by atoms with van der Waals surface area (Å²) in [5.41, 5.74) is 0. The molecule has 0 radical (unpaired) electrons. The van der Waals surface area contributed by atoms with Crippen molar-refractivity contribution in [2.45, 2.75) is 64.5 Å². The van der Waals surface area contributed by atoms with E-state index >= 15 is 0 Å². The highest BCUT2D eigenvalue weighted by molar-refractivity contribution is 5.76. The third-order valence-corrected chi connectivity index (χ3v) is 3.55. The van der Waals surface area contributed by atoms with E-state index < -0.39 is 0 Å². The van der Waals surface area contributed by atoms with Gasteiger partial charge in [-0.25, -0.2) is 0 Å². The van der Waals surface area contributed by atoms with Gasteiger partial charge in [-0.2, -0.15) is 0 Å². The van der Waals surface area contributed by atoms with E-state index in [1.54, 1.807) is 0 Å². The van der Waals surface area contributed by atoms with Gasteiger partial charge < -0.3 is 10.4 Å². The number of carbonyl (C=O) groups is 1. The minimum Gasteiger partial charge on any atom is -0.395 e. The van der Waals surface area contributed by atoms with Gasteiger partial charge in [0.25, 0.3) is 0 Å². The molecule has 106 valence electrons. The molecule has 0 bridgehead atoms. The van der Waals surface area contributed by atoms with Gasteiger partial charge in [0.2, 0.25) is 5.91 Å². The molecule has 0 spiro atoms. The lowest BCUT2D eigenvalue weighted by Crippen LogP contribution is -2.41. The second kappa shape index (κ2) is 8.48. The molecular formula is C14H28N2O2. The molecule has 4 heteroatoms. The lowest BCUT2D eigenvalue weighted by Gasteiger charge is -2.33. The maximum atomic E-state index is 11.6. The molecule has 1 amide bonds. The van der Waals surface area contributed by atoms with E-state index in [4.69, 9.17) is 5.11 Å². The van der Waals surface area contributed by atoms with Crippen LogP contribution in [0.15, 0.2) is 0 Å². The first-order valence-corrected chi connectivity index (χ1v) is 7.27. The highest BCUT2D eigenvalue weighted by atomic mass is 16.3. The average Bonchev–Trinajstić information content (AvgIpc) is 2.34. The van der Waals surface area contributed by atoms with Crippen molar-refractivity contribution in [3.63, 3.8) is 0 Å². The zero-order chi connectivity index (χ0) is 13.4. The Morgan fingerprint density at radius 3 is 2.50 bits per heavy atom. The Labute approximate surface area is 111 Å². The molecule has 1 aliphatic rings. The van der Waals surface area contributed by atoms with E-state index in [0.717, 1.165) is 6.54 Å². The van der Waals surface area contributed by atoms with Crippen LogP contribution in [-0.4, -0.2) is 47.7 Å². The summed E-state index contributed by atoms with van der Waals surface area (Å²) in [7, 11) is 0. The molecule has 0 aromatic carbocycles. The summed E-state index contributed by atoms with van der Waals surface area (Å²) < 4.78 is 0. The topological polar surface area (TPSA) is 52.6 Å². The highest BCUT2D eigenvalue weighted by Gasteiger charge is 2.21. The van der Waals surface area contributed by atoms with E-state index in [-0.39, 0.29) is 18.6 Å². The van der Waals surface area contributed by atoms with Crippen LogP contribution in [0.4, 0.5) is 0 Å². The predicted octanol–water partition coefficient (Wildman–Crippen LogP) is 1.53. The van der Waals surface area contributed by atoms with Crippen LogP contribution in [-0.2, 0) is 4.79 Å². The molecule has 1 aliphatic carbocycles. The van der Waals surface area contributed by atoms with Crippen molar-refractivity contribution in [3.8, 4) is 0 Å². The molecule has 1 saturated carbocycles. The summed E-state index contributed by atoms with van der Waals surface area (Å²) >= 11 is 0. The zero-order valence-electron chi connectivity index (χ0n) is 11.8. The fraction of sp³-hybridized carbons (Fsp3) is 0.929. The largest absolute Gasteiger partial charge is 0.395 e. The van der Waals surface area contributed by atoms with Crippen molar-refractivity contribution in [2.75, 3.05) is 19.7 Å². The summed E-state index contributed by atoms with van der Waals surface area (Å²) in [4.78, 5) is 13.9. The smallest absolute Gasteiger partial charge is 0.221 e. The average molecular weight is 256 g/mol. The van der Waals surface area contributed by atoms with Crippen molar-refractivity contribution >= 4 is 5.91 Å². The van der Waals surface area contributed by atoms with Gasteiger partial charge in [0.1, 0.15) is 0 Å². The van der Waals surface area contributed by atoms with Gasteiger partial charge in [0.15, 0.2) is 0 Å². The lowest BCUT2D eigenvalue weighted by molar-refractivity contribution is -0.122. The highest BCUT2D eigenvalue weighted by Crippen LogP contribution is 2.22. The molecule has 0 aliphatic heterocycles. The van der Waals surface area contributed by atoms with Crippen LogP contribution < -0.4 is 5.32 Å². The molecule has 0 unspecified atom stereocenters. The third kappa shape index (κ3) is 5.83. The van der Waals surface area contributed by atoms with Crippen molar-refractivity contribution in [1.82, 2.24) is 10.2 Å². The number of carbonyl (C=O) groups excluding carboxylic acids is 1. The predicted molar refractivity (Wildman–Crippen MR) is 73.4 cm³/mol. The molecule has 0 aromatic rings. The lowest BCUT2D eigenvalue weighted by atomic mass is 9.94. The first-order valence-electron chi connectivity index (χ1n) is 7.27. The van der Waals surface area contributed by atoms with E-state index in [2.05, 4.69) is 10.2 Å². The molecule has 1 fully saturated rings. The minimum atomic E-state index is 0.115. The van der Waals surface area contributed by atoms with Gasteiger partial charge in [-0.05, 0) is 26.7 Å². The number of rotatable bonds is 7. The number of hydrogen-bond acceptors (Lipinski definition) is 3. The number of hydrogen-bond donors (Lipinski definition) is 2. The van der Waals surface area contributed by atoms with Gasteiger partial charge in [0.05, 0.1) is 6.61 Å². The standard InChI is InChI=1S/C14H28N2O2/c1-12(2)15-14(18)8-9-16(10-11-17)13-6-4-3-5-7-13/h12-13,17H,3-11H2,1-2H3,(H,15,18). The summed E-state index contributed by atoms with van der Waals surface area (Å²) in [6.07, 6.45) is 6.86. The quantitative estimate of drug-likeness (QED) is 0.726. The van der Waals surface area contributed by atoms with E-state index in [1.165, 1.54) is 32.1 Å². The Morgan fingerprint density at radius 1 is 1.28 bits per heavy atom. The molecule has 0 atom stereocenters. The Kier molecular flexibility index (Phi) is 7.28. The number of aliphatic hydroxyl groups excluding tert-OH is 1. The third-order valence-electron chi connectivity index (χ3n) is 3.55. The van der Waals surface area contributed by atoms with E-state index in [1.807, 2.05) is 13.8 Å². The first kappa shape index (κ1) is 15.4. The van der Waals surface area contributed by atoms with E-state index in [0.29, 0.717) is 19.0 Å². The van der Waals surface area contributed by atoms with Gasteiger partial charge in [-0.3, -0.25) is 9.69 Å². The Morgan fingerprint density at radius 2 is 1.94 bits per heavy atom. The fourth-order valence-electron chi connectivity index (χ4n) is 2.69. The van der Waals surface area contributed by atoms with Crippen LogP contribution in [0.25, 0.3) is 0 Å². The maximum Gasteiger partial charge on any atom is 0.221 e. The van der Waals surface area contributed by atoms with Crippen molar-refractivity contribution in [2.24, 2.45) is 0 Å². The summed E-state index contributed by atoms with van der Waals surface area (Å²) in [5.74, 6) is 0.115. The number of amides is 1.